The second-order valence-corrected chi connectivity index (χ2v) is 3.21. The summed E-state index contributed by atoms with van der Waals surface area (Å²) in [5.74, 6) is 0.491. The molecule has 1 heterocycles. The van der Waals surface area contributed by atoms with Gasteiger partial charge >= 0.3 is 0 Å². The molecule has 0 spiro atoms. The van der Waals surface area contributed by atoms with Gasteiger partial charge in [0, 0.05) is 17.2 Å². The minimum atomic E-state index is 0.350. The molecular formula is C8H9ClN2. The van der Waals surface area contributed by atoms with E-state index >= 15 is 0 Å². The fourth-order valence-corrected chi connectivity index (χ4v) is 1.60. The third-order valence-electron chi connectivity index (χ3n) is 1.99. The Kier molecular flexibility index (Phi) is 1.70. The van der Waals surface area contributed by atoms with E-state index in [1.807, 2.05) is 12.3 Å². The normalized spacial score (nSPS) is 34.1. The lowest BCUT2D eigenvalue weighted by atomic mass is 9.92. The molecule has 0 bridgehead atoms. The van der Waals surface area contributed by atoms with E-state index in [9.17, 15) is 0 Å². The van der Waals surface area contributed by atoms with E-state index in [0.29, 0.717) is 12.0 Å². The van der Waals surface area contributed by atoms with Crippen molar-refractivity contribution in [2.45, 2.75) is 12.5 Å². The fraction of sp³-hybridized carbons (Fsp3) is 0.375. The molecular weight excluding hydrogens is 160 g/mol. The average molecular weight is 169 g/mol. The summed E-state index contributed by atoms with van der Waals surface area (Å²) in [5.41, 5.74) is 3.02. The van der Waals surface area contributed by atoms with E-state index in [1.54, 1.807) is 0 Å². The smallest absolute Gasteiger partial charge is 0.0690 e. The van der Waals surface area contributed by atoms with Crippen LogP contribution in [0.5, 0.6) is 0 Å². The number of nitrogens with one attached hydrogen (secondary N) is 1. The van der Waals surface area contributed by atoms with E-state index in [1.165, 1.54) is 0 Å². The summed E-state index contributed by atoms with van der Waals surface area (Å²) in [4.78, 5) is 0. The number of nitrogens with zero attached hydrogens (tertiary/aromatic N) is 1. The van der Waals surface area contributed by atoms with Gasteiger partial charge < -0.3 is 5.43 Å². The van der Waals surface area contributed by atoms with Gasteiger partial charge in [0.2, 0.25) is 0 Å². The molecule has 2 atom stereocenters. The number of allylic oxidation sites excluding steroid dienone is 2. The van der Waals surface area contributed by atoms with Crippen molar-refractivity contribution in [3.05, 3.63) is 23.3 Å². The van der Waals surface area contributed by atoms with Crippen molar-refractivity contribution in [1.82, 2.24) is 5.43 Å². The van der Waals surface area contributed by atoms with Gasteiger partial charge in [-0.3, -0.25) is 0 Å². The number of fused-ring (bicyclic) bond motifs is 1. The molecule has 1 N–H and O–H groups in total. The van der Waals surface area contributed by atoms with Crippen molar-refractivity contribution >= 4 is 17.8 Å². The van der Waals surface area contributed by atoms with Crippen LogP contribution in [-0.2, 0) is 0 Å². The molecule has 0 aromatic heterocycles. The lowest BCUT2D eigenvalue weighted by Crippen LogP contribution is -2.35. The molecule has 0 saturated heterocycles. The third kappa shape index (κ3) is 1.31. The zero-order chi connectivity index (χ0) is 7.68. The van der Waals surface area contributed by atoms with E-state index in [2.05, 4.69) is 22.7 Å². The highest BCUT2D eigenvalue weighted by Gasteiger charge is 2.21. The minimum absolute atomic E-state index is 0.350. The van der Waals surface area contributed by atoms with Crippen molar-refractivity contribution in [1.29, 1.82) is 0 Å². The Hall–Kier alpha value is -0.760. The van der Waals surface area contributed by atoms with Crippen LogP contribution in [0.4, 0.5) is 0 Å². The minimum Gasteiger partial charge on any atom is -0.303 e. The van der Waals surface area contributed by atoms with Crippen molar-refractivity contribution in [2.75, 3.05) is 0 Å². The SMILES string of the molecule is ClC1=CC2CC=NNC2C=C1. The van der Waals surface area contributed by atoms with Crippen LogP contribution < -0.4 is 5.43 Å². The molecule has 11 heavy (non-hydrogen) atoms. The molecule has 2 aliphatic rings. The van der Waals surface area contributed by atoms with E-state index < -0.39 is 0 Å². The average Bonchev–Trinajstić information content (AvgIpc) is 2.04. The molecule has 0 fully saturated rings. The molecule has 2 rings (SSSR count). The van der Waals surface area contributed by atoms with Gasteiger partial charge in [-0.25, -0.2) is 0 Å². The maximum atomic E-state index is 5.84. The lowest BCUT2D eigenvalue weighted by Gasteiger charge is -2.26. The molecule has 58 valence electrons. The second-order valence-electron chi connectivity index (χ2n) is 2.78. The van der Waals surface area contributed by atoms with Crippen molar-refractivity contribution in [2.24, 2.45) is 11.0 Å². The highest BCUT2D eigenvalue weighted by molar-refractivity contribution is 6.31. The monoisotopic (exact) mass is 168 g/mol. The van der Waals surface area contributed by atoms with Crippen LogP contribution in [0.25, 0.3) is 0 Å². The number of hydrogen-bond donors (Lipinski definition) is 1. The molecule has 3 heteroatoms. The van der Waals surface area contributed by atoms with Gasteiger partial charge in [-0.05, 0) is 12.5 Å². The topological polar surface area (TPSA) is 24.4 Å². The van der Waals surface area contributed by atoms with Crippen LogP contribution in [0.2, 0.25) is 0 Å². The third-order valence-corrected chi connectivity index (χ3v) is 2.24. The van der Waals surface area contributed by atoms with Crippen molar-refractivity contribution < 1.29 is 0 Å². The van der Waals surface area contributed by atoms with Crippen LogP contribution in [0, 0.1) is 5.92 Å². The van der Waals surface area contributed by atoms with Gasteiger partial charge in [-0.1, -0.05) is 23.8 Å². The largest absolute Gasteiger partial charge is 0.303 e. The van der Waals surface area contributed by atoms with E-state index in [-0.39, 0.29) is 0 Å². The Bertz CT molecular complexity index is 242. The molecule has 0 aromatic rings. The van der Waals surface area contributed by atoms with Gasteiger partial charge in [-0.15, -0.1) is 0 Å². The highest BCUT2D eigenvalue weighted by atomic mass is 35.5. The molecule has 2 unspecified atom stereocenters. The van der Waals surface area contributed by atoms with E-state index in [4.69, 9.17) is 11.6 Å². The molecule has 0 radical (unpaired) electrons. The maximum absolute atomic E-state index is 5.84. The first-order chi connectivity index (χ1) is 5.36. The first-order valence-electron chi connectivity index (χ1n) is 3.69. The fourth-order valence-electron chi connectivity index (χ4n) is 1.37. The number of halogens is 1. The van der Waals surface area contributed by atoms with E-state index in [0.717, 1.165) is 11.5 Å². The Labute approximate surface area is 70.6 Å². The molecule has 0 aromatic carbocycles. The van der Waals surface area contributed by atoms with Gasteiger partial charge in [0.05, 0.1) is 6.04 Å². The summed E-state index contributed by atoms with van der Waals surface area (Å²) in [7, 11) is 0. The standard InChI is InChI=1S/C8H9ClN2/c9-7-1-2-8-6(5-7)3-4-10-11-8/h1-2,4-6,8,11H,3H2. The van der Waals surface area contributed by atoms with Gasteiger partial charge in [-0.2, -0.15) is 5.10 Å². The Morgan fingerprint density at radius 2 is 2.55 bits per heavy atom. The van der Waals surface area contributed by atoms with Crippen molar-refractivity contribution in [3.8, 4) is 0 Å². The first kappa shape index (κ1) is 6.92. The summed E-state index contributed by atoms with van der Waals surface area (Å²) in [6.45, 7) is 0. The number of hydrazone groups is 1. The van der Waals surface area contributed by atoms with Crippen LogP contribution in [0.1, 0.15) is 6.42 Å². The van der Waals surface area contributed by atoms with Crippen LogP contribution >= 0.6 is 11.6 Å². The van der Waals surface area contributed by atoms with Crippen LogP contribution in [-0.4, -0.2) is 12.3 Å². The summed E-state index contributed by atoms with van der Waals surface area (Å²) in [6.07, 6.45) is 8.92. The predicted molar refractivity (Wildman–Crippen MR) is 46.6 cm³/mol. The quantitative estimate of drug-likeness (QED) is 0.585. The van der Waals surface area contributed by atoms with Gasteiger partial charge in [0.25, 0.3) is 0 Å². The second kappa shape index (κ2) is 2.70. The summed E-state index contributed by atoms with van der Waals surface area (Å²) >= 11 is 5.84. The maximum Gasteiger partial charge on any atom is 0.0690 e. The number of rotatable bonds is 0. The van der Waals surface area contributed by atoms with Crippen LogP contribution in [0.3, 0.4) is 0 Å². The Balaban J connectivity index is 2.21. The zero-order valence-electron chi connectivity index (χ0n) is 6.00. The Morgan fingerprint density at radius 3 is 3.45 bits per heavy atom. The van der Waals surface area contributed by atoms with Gasteiger partial charge in [0.15, 0.2) is 0 Å². The molecule has 1 aliphatic carbocycles. The molecule has 1 aliphatic heterocycles. The van der Waals surface area contributed by atoms with Gasteiger partial charge in [0.1, 0.15) is 0 Å². The predicted octanol–water partition coefficient (Wildman–Crippen LogP) is 1.64. The summed E-state index contributed by atoms with van der Waals surface area (Å²) in [6, 6.07) is 0.350. The summed E-state index contributed by atoms with van der Waals surface area (Å²) < 4.78 is 0. The molecule has 2 nitrogen and oxygen atoms in total. The lowest BCUT2D eigenvalue weighted by molar-refractivity contribution is 0.472. The number of hydrogen-bond acceptors (Lipinski definition) is 2. The zero-order valence-corrected chi connectivity index (χ0v) is 6.75. The first-order valence-corrected chi connectivity index (χ1v) is 4.06. The molecule has 0 saturated carbocycles. The summed E-state index contributed by atoms with van der Waals surface area (Å²) in [5, 5.41) is 4.82. The highest BCUT2D eigenvalue weighted by Crippen LogP contribution is 2.23. The Morgan fingerprint density at radius 1 is 1.64 bits per heavy atom. The van der Waals surface area contributed by atoms with Crippen LogP contribution in [0.15, 0.2) is 28.4 Å². The van der Waals surface area contributed by atoms with Crippen molar-refractivity contribution in [3.63, 3.8) is 0 Å². The molecule has 0 amide bonds.